The number of aliphatic imine (C=N–C) groups is 1. The number of hydrogen-bond acceptors (Lipinski definition) is 5. The van der Waals surface area contributed by atoms with Crippen molar-refractivity contribution in [3.05, 3.63) is 92.3 Å². The minimum absolute atomic E-state index is 0.0527. The van der Waals surface area contributed by atoms with E-state index in [2.05, 4.69) is 15.9 Å². The maximum Gasteiger partial charge on any atom is 0.266 e. The Bertz CT molecular complexity index is 1280. The number of carbonyl (C=O) groups excluding carboxylic acids is 1. The fourth-order valence-electron chi connectivity index (χ4n) is 3.53. The molecular weight excluding hydrogens is 560 g/mol. The van der Waals surface area contributed by atoms with Crippen LogP contribution >= 0.6 is 39.3 Å². The van der Waals surface area contributed by atoms with E-state index < -0.39 is 0 Å². The molecule has 1 heterocycles. The van der Waals surface area contributed by atoms with Crippen LogP contribution in [0.25, 0.3) is 6.08 Å². The summed E-state index contributed by atoms with van der Waals surface area (Å²) in [6.07, 6.45) is 2.71. The number of carbonyl (C=O) groups is 1. The smallest absolute Gasteiger partial charge is 0.266 e. The van der Waals surface area contributed by atoms with Gasteiger partial charge < -0.3 is 9.47 Å². The normalized spacial score (nSPS) is 15.7. The van der Waals surface area contributed by atoms with Gasteiger partial charge in [-0.05, 0) is 90.8 Å². The van der Waals surface area contributed by atoms with Gasteiger partial charge in [-0.3, -0.25) is 9.69 Å². The maximum atomic E-state index is 13.2. The Labute approximate surface area is 229 Å². The predicted molar refractivity (Wildman–Crippen MR) is 152 cm³/mol. The van der Waals surface area contributed by atoms with Crippen molar-refractivity contribution in [1.29, 1.82) is 0 Å². The summed E-state index contributed by atoms with van der Waals surface area (Å²) in [4.78, 5) is 20.2. The van der Waals surface area contributed by atoms with Crippen LogP contribution in [0.2, 0.25) is 5.02 Å². The first-order valence-electron chi connectivity index (χ1n) is 11.7. The van der Waals surface area contributed by atoms with Crippen LogP contribution in [0.5, 0.6) is 11.5 Å². The predicted octanol–water partition coefficient (Wildman–Crippen LogP) is 8.09. The second-order valence-electron chi connectivity index (χ2n) is 7.99. The van der Waals surface area contributed by atoms with Gasteiger partial charge in [0.15, 0.2) is 16.7 Å². The van der Waals surface area contributed by atoms with Gasteiger partial charge in [0, 0.05) is 16.0 Å². The van der Waals surface area contributed by atoms with Crippen molar-refractivity contribution in [3.63, 3.8) is 0 Å². The Balaban J connectivity index is 1.56. The third-order valence-corrected chi connectivity index (χ3v) is 7.05. The summed E-state index contributed by atoms with van der Waals surface area (Å²) < 4.78 is 12.9. The van der Waals surface area contributed by atoms with Gasteiger partial charge in [-0.2, -0.15) is 0 Å². The lowest BCUT2D eigenvalue weighted by atomic mass is 10.1. The summed E-state index contributed by atoms with van der Waals surface area (Å²) >= 11 is 10.8. The SMILES string of the molecule is CCCN1C(=O)/C(=C/c2ccc(OCc3ccc(Br)cc3)c(OCC)c2)SC1=Nc1ccc(Cl)cc1. The number of ether oxygens (including phenoxy) is 2. The molecule has 0 saturated carbocycles. The Morgan fingerprint density at radius 1 is 1.00 bits per heavy atom. The molecule has 186 valence electrons. The Hall–Kier alpha value is -2.74. The van der Waals surface area contributed by atoms with Crippen molar-refractivity contribution >= 4 is 62.1 Å². The second kappa shape index (κ2) is 12.5. The van der Waals surface area contributed by atoms with Crippen LogP contribution in [0.4, 0.5) is 5.69 Å². The average Bonchev–Trinajstić information content (AvgIpc) is 3.15. The van der Waals surface area contributed by atoms with Gasteiger partial charge in [-0.1, -0.05) is 52.7 Å². The van der Waals surface area contributed by atoms with E-state index in [-0.39, 0.29) is 5.91 Å². The molecule has 0 bridgehead atoms. The fourth-order valence-corrected chi connectivity index (χ4v) is 4.95. The number of hydrogen-bond donors (Lipinski definition) is 0. The molecule has 0 spiro atoms. The van der Waals surface area contributed by atoms with E-state index in [1.54, 1.807) is 17.0 Å². The molecule has 1 fully saturated rings. The molecule has 0 radical (unpaired) electrons. The summed E-state index contributed by atoms with van der Waals surface area (Å²) in [5.41, 5.74) is 2.67. The Kier molecular flexibility index (Phi) is 9.13. The molecule has 4 rings (SSSR count). The van der Waals surface area contributed by atoms with Crippen molar-refractivity contribution in [2.24, 2.45) is 4.99 Å². The minimum atomic E-state index is -0.0527. The number of rotatable bonds is 9. The average molecular weight is 586 g/mol. The summed E-state index contributed by atoms with van der Waals surface area (Å²) in [5.74, 6) is 1.24. The van der Waals surface area contributed by atoms with Gasteiger partial charge in [0.2, 0.25) is 0 Å². The monoisotopic (exact) mass is 584 g/mol. The lowest BCUT2D eigenvalue weighted by molar-refractivity contribution is -0.122. The van der Waals surface area contributed by atoms with Gasteiger partial charge in [0.1, 0.15) is 6.61 Å². The van der Waals surface area contributed by atoms with Crippen LogP contribution < -0.4 is 9.47 Å². The Morgan fingerprint density at radius 3 is 2.44 bits per heavy atom. The summed E-state index contributed by atoms with van der Waals surface area (Å²) in [7, 11) is 0. The highest BCUT2D eigenvalue weighted by Gasteiger charge is 2.32. The summed E-state index contributed by atoms with van der Waals surface area (Å²) in [6.45, 7) is 5.51. The van der Waals surface area contributed by atoms with Gasteiger partial charge >= 0.3 is 0 Å². The summed E-state index contributed by atoms with van der Waals surface area (Å²) in [6, 6.07) is 21.0. The first-order chi connectivity index (χ1) is 17.5. The topological polar surface area (TPSA) is 51.1 Å². The maximum absolute atomic E-state index is 13.2. The molecule has 1 amide bonds. The van der Waals surface area contributed by atoms with E-state index in [1.807, 2.05) is 74.5 Å². The largest absolute Gasteiger partial charge is 0.490 e. The molecule has 0 atom stereocenters. The first kappa shape index (κ1) is 26.3. The van der Waals surface area contributed by atoms with E-state index in [0.29, 0.717) is 46.4 Å². The number of nitrogens with zero attached hydrogens (tertiary/aromatic N) is 2. The van der Waals surface area contributed by atoms with E-state index in [1.165, 1.54) is 11.8 Å². The molecule has 1 saturated heterocycles. The van der Waals surface area contributed by atoms with Crippen molar-refractivity contribution in [2.45, 2.75) is 26.9 Å². The van der Waals surface area contributed by atoms with Gasteiger partial charge in [-0.15, -0.1) is 0 Å². The van der Waals surface area contributed by atoms with Crippen LogP contribution in [0.3, 0.4) is 0 Å². The van der Waals surface area contributed by atoms with Crippen molar-refractivity contribution in [3.8, 4) is 11.5 Å². The van der Waals surface area contributed by atoms with E-state index in [0.717, 1.165) is 27.7 Å². The highest BCUT2D eigenvalue weighted by molar-refractivity contribution is 9.10. The van der Waals surface area contributed by atoms with Crippen molar-refractivity contribution in [1.82, 2.24) is 4.90 Å². The molecule has 0 unspecified atom stereocenters. The number of halogens is 2. The molecule has 3 aromatic rings. The molecular formula is C28H26BrClN2O3S. The standard InChI is InChI=1S/C28H26BrClN2O3S/c1-3-15-32-27(33)26(36-28(32)31-23-12-10-22(30)11-13-23)17-20-7-14-24(25(16-20)34-4-2)35-18-19-5-8-21(29)9-6-19/h5-14,16-17H,3-4,15,18H2,1-2H3/b26-17-,31-28?. The molecule has 0 aromatic heterocycles. The number of amides is 1. The van der Waals surface area contributed by atoms with Crippen LogP contribution in [0.1, 0.15) is 31.4 Å². The third kappa shape index (κ3) is 6.72. The number of thioether (sulfide) groups is 1. The Morgan fingerprint density at radius 2 is 1.75 bits per heavy atom. The van der Waals surface area contributed by atoms with Crippen LogP contribution in [0.15, 0.2) is 81.1 Å². The zero-order valence-corrected chi connectivity index (χ0v) is 23.2. The van der Waals surface area contributed by atoms with E-state index in [9.17, 15) is 4.79 Å². The molecule has 0 aliphatic carbocycles. The zero-order chi connectivity index (χ0) is 25.5. The number of amidine groups is 1. The fraction of sp³-hybridized carbons (Fsp3) is 0.214. The van der Waals surface area contributed by atoms with Gasteiger partial charge in [0.25, 0.3) is 5.91 Å². The zero-order valence-electron chi connectivity index (χ0n) is 20.0. The second-order valence-corrected chi connectivity index (χ2v) is 10.4. The van der Waals surface area contributed by atoms with Crippen molar-refractivity contribution in [2.75, 3.05) is 13.2 Å². The quantitative estimate of drug-likeness (QED) is 0.238. The third-order valence-electron chi connectivity index (χ3n) is 5.26. The molecule has 5 nitrogen and oxygen atoms in total. The minimum Gasteiger partial charge on any atom is -0.490 e. The molecule has 8 heteroatoms. The van der Waals surface area contributed by atoms with E-state index >= 15 is 0 Å². The molecule has 36 heavy (non-hydrogen) atoms. The molecule has 0 N–H and O–H groups in total. The van der Waals surface area contributed by atoms with Gasteiger partial charge in [-0.25, -0.2) is 4.99 Å². The van der Waals surface area contributed by atoms with Crippen LogP contribution in [0, 0.1) is 0 Å². The highest BCUT2D eigenvalue weighted by Crippen LogP contribution is 2.36. The highest BCUT2D eigenvalue weighted by atomic mass is 79.9. The number of benzene rings is 3. The van der Waals surface area contributed by atoms with Crippen LogP contribution in [-0.4, -0.2) is 29.1 Å². The molecule has 1 aliphatic heterocycles. The van der Waals surface area contributed by atoms with Crippen LogP contribution in [-0.2, 0) is 11.4 Å². The first-order valence-corrected chi connectivity index (χ1v) is 13.6. The molecule has 1 aliphatic rings. The van der Waals surface area contributed by atoms with E-state index in [4.69, 9.17) is 26.1 Å². The lowest BCUT2D eigenvalue weighted by Crippen LogP contribution is -2.29. The summed E-state index contributed by atoms with van der Waals surface area (Å²) in [5, 5.41) is 1.31. The lowest BCUT2D eigenvalue weighted by Gasteiger charge is -2.14. The van der Waals surface area contributed by atoms with Crippen molar-refractivity contribution < 1.29 is 14.3 Å². The molecule has 3 aromatic carbocycles. The van der Waals surface area contributed by atoms with Gasteiger partial charge in [0.05, 0.1) is 17.2 Å².